The molecule has 0 bridgehead atoms. The third kappa shape index (κ3) is 4.83. The average Bonchev–Trinajstić information content (AvgIpc) is 2.84. The van der Waals surface area contributed by atoms with E-state index in [4.69, 9.17) is 4.74 Å². The third-order valence-corrected chi connectivity index (χ3v) is 5.26. The van der Waals surface area contributed by atoms with Gasteiger partial charge in [0.15, 0.2) is 9.84 Å². The molecule has 2 aliphatic rings. The normalized spacial score (nSPS) is 23.2. The van der Waals surface area contributed by atoms with Crippen molar-refractivity contribution < 1.29 is 22.7 Å². The summed E-state index contributed by atoms with van der Waals surface area (Å²) in [5.74, 6) is -0.791. The van der Waals surface area contributed by atoms with E-state index in [9.17, 15) is 18.0 Å². The van der Waals surface area contributed by atoms with Gasteiger partial charge in [-0.05, 0) is 19.3 Å². The van der Waals surface area contributed by atoms with Gasteiger partial charge in [-0.1, -0.05) is 19.8 Å². The Kier molecular flexibility index (Phi) is 5.89. The topological polar surface area (TPSA) is 84.0 Å². The van der Waals surface area contributed by atoms with Crippen molar-refractivity contribution in [3.63, 3.8) is 0 Å². The zero-order chi connectivity index (χ0) is 17.0. The third-order valence-electron chi connectivity index (χ3n) is 4.49. The van der Waals surface area contributed by atoms with Crippen LogP contribution < -0.4 is 0 Å². The molecule has 2 heterocycles. The number of sulfone groups is 1. The van der Waals surface area contributed by atoms with Gasteiger partial charge in [-0.25, -0.2) is 13.2 Å². The van der Waals surface area contributed by atoms with Gasteiger partial charge in [-0.15, -0.1) is 0 Å². The second kappa shape index (κ2) is 7.51. The SMILES string of the molecule is CCCCC1COC(=O)N1C1CCN(C(=O)CS(C)(=O)=O)CC1. The van der Waals surface area contributed by atoms with E-state index in [0.29, 0.717) is 32.5 Å². The molecule has 1 atom stereocenters. The van der Waals surface area contributed by atoms with E-state index < -0.39 is 15.6 Å². The van der Waals surface area contributed by atoms with Crippen LogP contribution in [-0.2, 0) is 19.4 Å². The highest BCUT2D eigenvalue weighted by Gasteiger charge is 2.39. The number of carbonyl (C=O) groups is 2. The first-order chi connectivity index (χ1) is 10.8. The molecule has 0 aromatic heterocycles. The quantitative estimate of drug-likeness (QED) is 0.717. The lowest BCUT2D eigenvalue weighted by molar-refractivity contribution is -0.129. The largest absolute Gasteiger partial charge is 0.447 e. The van der Waals surface area contributed by atoms with Crippen molar-refractivity contribution in [2.24, 2.45) is 0 Å². The highest BCUT2D eigenvalue weighted by molar-refractivity contribution is 7.91. The Hall–Kier alpha value is -1.31. The second-order valence-corrected chi connectivity index (χ2v) is 8.60. The Balaban J connectivity index is 1.90. The average molecular weight is 346 g/mol. The standard InChI is InChI=1S/C15H26N2O5S/c1-3-4-5-13-10-22-15(19)17(13)12-6-8-16(9-7-12)14(18)11-23(2,20)21/h12-13H,3-11H2,1-2H3. The summed E-state index contributed by atoms with van der Waals surface area (Å²) in [7, 11) is -3.31. The van der Waals surface area contributed by atoms with Gasteiger partial charge in [0.05, 0.1) is 6.04 Å². The van der Waals surface area contributed by atoms with Crippen LogP contribution in [0.25, 0.3) is 0 Å². The number of cyclic esters (lactones) is 1. The second-order valence-electron chi connectivity index (χ2n) is 6.46. The maximum Gasteiger partial charge on any atom is 0.410 e. The van der Waals surface area contributed by atoms with Gasteiger partial charge in [0, 0.05) is 25.4 Å². The lowest BCUT2D eigenvalue weighted by atomic mass is 10.0. The Morgan fingerprint density at radius 1 is 1.30 bits per heavy atom. The van der Waals surface area contributed by atoms with Crippen molar-refractivity contribution in [1.82, 2.24) is 9.80 Å². The minimum Gasteiger partial charge on any atom is -0.447 e. The van der Waals surface area contributed by atoms with Gasteiger partial charge in [-0.2, -0.15) is 0 Å². The van der Waals surface area contributed by atoms with Crippen LogP contribution in [-0.4, -0.2) is 74.0 Å². The zero-order valence-corrected chi connectivity index (χ0v) is 14.7. The van der Waals surface area contributed by atoms with Gasteiger partial charge in [0.2, 0.25) is 5.91 Å². The monoisotopic (exact) mass is 346 g/mol. The van der Waals surface area contributed by atoms with Crippen LogP contribution in [0, 0.1) is 0 Å². The first-order valence-electron chi connectivity index (χ1n) is 8.22. The van der Waals surface area contributed by atoms with Crippen molar-refractivity contribution in [3.05, 3.63) is 0 Å². The molecule has 0 N–H and O–H groups in total. The Morgan fingerprint density at radius 3 is 2.52 bits per heavy atom. The highest BCUT2D eigenvalue weighted by atomic mass is 32.2. The van der Waals surface area contributed by atoms with Gasteiger partial charge >= 0.3 is 6.09 Å². The molecule has 0 radical (unpaired) electrons. The van der Waals surface area contributed by atoms with Crippen LogP contribution in [0.4, 0.5) is 4.79 Å². The number of ether oxygens (including phenoxy) is 1. The Labute approximate surface area is 137 Å². The summed E-state index contributed by atoms with van der Waals surface area (Å²) in [6.07, 6.45) is 5.24. The maximum absolute atomic E-state index is 12.0. The Bertz CT molecular complexity index is 540. The molecule has 0 spiro atoms. The van der Waals surface area contributed by atoms with Crippen LogP contribution in [0.5, 0.6) is 0 Å². The summed E-state index contributed by atoms with van der Waals surface area (Å²) in [6.45, 7) is 3.55. The van der Waals surface area contributed by atoms with Crippen molar-refractivity contribution in [2.75, 3.05) is 31.7 Å². The van der Waals surface area contributed by atoms with Crippen LogP contribution in [0.3, 0.4) is 0 Å². The number of hydrogen-bond donors (Lipinski definition) is 0. The molecule has 8 heteroatoms. The molecule has 1 unspecified atom stereocenters. The maximum atomic E-state index is 12.0. The molecule has 132 valence electrons. The van der Waals surface area contributed by atoms with E-state index in [1.165, 1.54) is 0 Å². The first-order valence-corrected chi connectivity index (χ1v) is 10.3. The van der Waals surface area contributed by atoms with E-state index in [2.05, 4.69) is 6.92 Å². The van der Waals surface area contributed by atoms with Crippen LogP contribution in [0.1, 0.15) is 39.0 Å². The van der Waals surface area contributed by atoms with Crippen LogP contribution >= 0.6 is 0 Å². The zero-order valence-electron chi connectivity index (χ0n) is 13.9. The van der Waals surface area contributed by atoms with Crippen LogP contribution in [0.15, 0.2) is 0 Å². The number of likely N-dealkylation sites (tertiary alicyclic amines) is 1. The highest BCUT2D eigenvalue weighted by Crippen LogP contribution is 2.26. The fourth-order valence-electron chi connectivity index (χ4n) is 3.29. The molecule has 0 aromatic rings. The number of carbonyl (C=O) groups excluding carboxylic acids is 2. The number of piperidine rings is 1. The molecular formula is C15H26N2O5S. The summed E-state index contributed by atoms with van der Waals surface area (Å²) in [5.41, 5.74) is 0. The lowest BCUT2D eigenvalue weighted by Crippen LogP contribution is -2.50. The number of amides is 2. The van der Waals surface area contributed by atoms with E-state index in [-0.39, 0.29) is 24.1 Å². The van der Waals surface area contributed by atoms with Crippen LogP contribution in [0.2, 0.25) is 0 Å². The summed E-state index contributed by atoms with van der Waals surface area (Å²) in [4.78, 5) is 27.4. The number of nitrogens with zero attached hydrogens (tertiary/aromatic N) is 2. The molecule has 2 aliphatic heterocycles. The molecule has 2 amide bonds. The number of unbranched alkanes of at least 4 members (excludes halogenated alkanes) is 1. The minimum absolute atomic E-state index is 0.0779. The summed E-state index contributed by atoms with van der Waals surface area (Å²) in [6, 6.07) is 0.208. The van der Waals surface area contributed by atoms with E-state index >= 15 is 0 Å². The first kappa shape index (κ1) is 18.0. The molecule has 2 fully saturated rings. The predicted molar refractivity (Wildman–Crippen MR) is 85.8 cm³/mol. The van der Waals surface area contributed by atoms with Crippen molar-refractivity contribution >= 4 is 21.8 Å². The van der Waals surface area contributed by atoms with E-state index in [1.54, 1.807) is 4.90 Å². The lowest BCUT2D eigenvalue weighted by Gasteiger charge is -2.37. The molecule has 0 saturated carbocycles. The van der Waals surface area contributed by atoms with Crippen molar-refractivity contribution in [2.45, 2.75) is 51.1 Å². The van der Waals surface area contributed by atoms with Gasteiger partial charge in [0.1, 0.15) is 12.4 Å². The van der Waals surface area contributed by atoms with Crippen molar-refractivity contribution in [1.29, 1.82) is 0 Å². The molecule has 0 aromatic carbocycles. The Morgan fingerprint density at radius 2 is 1.96 bits per heavy atom. The summed E-state index contributed by atoms with van der Waals surface area (Å²) in [5, 5.41) is 0. The molecule has 23 heavy (non-hydrogen) atoms. The smallest absolute Gasteiger partial charge is 0.410 e. The molecule has 7 nitrogen and oxygen atoms in total. The molecule has 0 aliphatic carbocycles. The van der Waals surface area contributed by atoms with Gasteiger partial charge in [0.25, 0.3) is 0 Å². The summed E-state index contributed by atoms with van der Waals surface area (Å²) < 4.78 is 27.7. The predicted octanol–water partition coefficient (Wildman–Crippen LogP) is 1.03. The summed E-state index contributed by atoms with van der Waals surface area (Å²) >= 11 is 0. The fraction of sp³-hybridized carbons (Fsp3) is 0.867. The van der Waals surface area contributed by atoms with Crippen molar-refractivity contribution in [3.8, 4) is 0 Å². The minimum atomic E-state index is -3.31. The van der Waals surface area contributed by atoms with Gasteiger partial charge in [-0.3, -0.25) is 9.69 Å². The van der Waals surface area contributed by atoms with Gasteiger partial charge < -0.3 is 9.64 Å². The molecule has 2 saturated heterocycles. The number of rotatable bonds is 6. The number of hydrogen-bond acceptors (Lipinski definition) is 5. The fourth-order valence-corrected chi connectivity index (χ4v) is 3.92. The van der Waals surface area contributed by atoms with E-state index in [1.807, 2.05) is 4.90 Å². The molecular weight excluding hydrogens is 320 g/mol. The molecule has 2 rings (SSSR count). The van der Waals surface area contributed by atoms with E-state index in [0.717, 1.165) is 25.5 Å².